The molecule has 5 rings (SSSR count). The van der Waals surface area contributed by atoms with Gasteiger partial charge in [0.1, 0.15) is 11.6 Å². The summed E-state index contributed by atoms with van der Waals surface area (Å²) in [4.78, 5) is 18.6. The standard InChI is InChI=1S/C29H30FN5O2/c1-3-6-27-25(15-20-10-9-19(16-26(20)30)24-8-5-4-7-21(24)17-31)28(37)34(22-11-13-23(36)14-12-22)29-32-18(2)33-35(27)29/h4-5,7-10,16,22-23,36H,3,6,11-15H2,1-2H3. The van der Waals surface area contributed by atoms with Gasteiger partial charge in [-0.05, 0) is 67.9 Å². The minimum Gasteiger partial charge on any atom is -0.393 e. The first-order valence-electron chi connectivity index (χ1n) is 12.9. The van der Waals surface area contributed by atoms with Crippen LogP contribution in [0.15, 0.2) is 47.3 Å². The number of rotatable bonds is 6. The molecule has 8 heteroatoms. The van der Waals surface area contributed by atoms with Crippen molar-refractivity contribution in [3.05, 3.63) is 86.8 Å². The van der Waals surface area contributed by atoms with E-state index in [-0.39, 0.29) is 24.1 Å². The van der Waals surface area contributed by atoms with Crippen LogP contribution in [0.1, 0.15) is 73.3 Å². The quantitative estimate of drug-likeness (QED) is 0.407. The Morgan fingerprint density at radius 3 is 2.62 bits per heavy atom. The summed E-state index contributed by atoms with van der Waals surface area (Å²) in [6, 6.07) is 14.1. The normalized spacial score (nSPS) is 17.7. The predicted octanol–water partition coefficient (Wildman–Crippen LogP) is 4.90. The molecule has 1 saturated carbocycles. The molecule has 0 bridgehead atoms. The van der Waals surface area contributed by atoms with Gasteiger partial charge in [-0.1, -0.05) is 43.7 Å². The average molecular weight is 500 g/mol. The number of hydrogen-bond acceptors (Lipinski definition) is 5. The van der Waals surface area contributed by atoms with Gasteiger partial charge in [-0.3, -0.25) is 9.36 Å². The Morgan fingerprint density at radius 2 is 1.92 bits per heavy atom. The molecule has 4 aromatic rings. The van der Waals surface area contributed by atoms with Crippen molar-refractivity contribution in [3.63, 3.8) is 0 Å². The van der Waals surface area contributed by atoms with Crippen LogP contribution in [0.2, 0.25) is 0 Å². The van der Waals surface area contributed by atoms with E-state index in [0.717, 1.165) is 12.1 Å². The lowest BCUT2D eigenvalue weighted by molar-refractivity contribution is 0.110. The first kappa shape index (κ1) is 24.8. The molecule has 0 amide bonds. The fourth-order valence-electron chi connectivity index (χ4n) is 5.43. The molecule has 0 atom stereocenters. The van der Waals surface area contributed by atoms with Crippen LogP contribution in [0.25, 0.3) is 16.9 Å². The first-order chi connectivity index (χ1) is 17.9. The second kappa shape index (κ2) is 10.3. The second-order valence-corrected chi connectivity index (χ2v) is 9.82. The van der Waals surface area contributed by atoms with Crippen LogP contribution in [0, 0.1) is 24.1 Å². The summed E-state index contributed by atoms with van der Waals surface area (Å²) in [6.45, 7) is 3.84. The fourth-order valence-corrected chi connectivity index (χ4v) is 5.43. The lowest BCUT2D eigenvalue weighted by atomic mass is 9.92. The van der Waals surface area contributed by atoms with Crippen LogP contribution >= 0.6 is 0 Å². The molecule has 1 aliphatic carbocycles. The molecule has 1 N–H and O–H groups in total. The van der Waals surface area contributed by atoms with E-state index in [9.17, 15) is 15.2 Å². The Kier molecular flexibility index (Phi) is 6.90. The van der Waals surface area contributed by atoms with E-state index < -0.39 is 5.82 Å². The third kappa shape index (κ3) is 4.67. The minimum absolute atomic E-state index is 0.0915. The Bertz CT molecular complexity index is 1560. The van der Waals surface area contributed by atoms with Crippen LogP contribution in [0.5, 0.6) is 0 Å². The van der Waals surface area contributed by atoms with E-state index in [0.29, 0.717) is 71.5 Å². The van der Waals surface area contributed by atoms with E-state index in [2.05, 4.69) is 16.2 Å². The van der Waals surface area contributed by atoms with Crippen LogP contribution in [0.4, 0.5) is 4.39 Å². The molecule has 0 radical (unpaired) electrons. The molecule has 1 aliphatic rings. The molecule has 0 spiro atoms. The molecular weight excluding hydrogens is 469 g/mol. The summed E-state index contributed by atoms with van der Waals surface area (Å²) < 4.78 is 18.9. The molecule has 7 nitrogen and oxygen atoms in total. The van der Waals surface area contributed by atoms with Gasteiger partial charge in [-0.2, -0.15) is 15.3 Å². The number of aliphatic hydroxyl groups excluding tert-OH is 1. The van der Waals surface area contributed by atoms with Crippen molar-refractivity contribution in [3.8, 4) is 17.2 Å². The molecule has 1 fully saturated rings. The molecular formula is C29H30FN5O2. The van der Waals surface area contributed by atoms with E-state index in [4.69, 9.17) is 0 Å². The molecule has 2 heterocycles. The zero-order chi connectivity index (χ0) is 26.1. The molecule has 0 unspecified atom stereocenters. The Hall–Kier alpha value is -3.83. The number of benzene rings is 2. The van der Waals surface area contributed by atoms with Gasteiger partial charge in [-0.15, -0.1) is 0 Å². The van der Waals surface area contributed by atoms with Gasteiger partial charge in [0.05, 0.1) is 23.4 Å². The van der Waals surface area contributed by atoms with E-state index in [1.807, 2.05) is 13.0 Å². The maximum absolute atomic E-state index is 15.5. The van der Waals surface area contributed by atoms with Gasteiger partial charge >= 0.3 is 0 Å². The predicted molar refractivity (Wildman–Crippen MR) is 139 cm³/mol. The van der Waals surface area contributed by atoms with Gasteiger partial charge < -0.3 is 5.11 Å². The van der Waals surface area contributed by atoms with Crippen molar-refractivity contribution in [2.75, 3.05) is 0 Å². The highest BCUT2D eigenvalue weighted by Crippen LogP contribution is 2.30. The highest BCUT2D eigenvalue weighted by molar-refractivity contribution is 5.70. The minimum atomic E-state index is -0.422. The summed E-state index contributed by atoms with van der Waals surface area (Å²) in [5.74, 6) is 0.666. The summed E-state index contributed by atoms with van der Waals surface area (Å²) in [5, 5.41) is 24.1. The second-order valence-electron chi connectivity index (χ2n) is 9.82. The Balaban J connectivity index is 1.62. The zero-order valence-electron chi connectivity index (χ0n) is 21.1. The monoisotopic (exact) mass is 499 g/mol. The van der Waals surface area contributed by atoms with Crippen molar-refractivity contribution >= 4 is 5.78 Å². The number of hydrogen-bond donors (Lipinski definition) is 1. The van der Waals surface area contributed by atoms with E-state index in [1.54, 1.807) is 46.3 Å². The van der Waals surface area contributed by atoms with Gasteiger partial charge in [0.2, 0.25) is 5.78 Å². The van der Waals surface area contributed by atoms with Crippen molar-refractivity contribution < 1.29 is 9.50 Å². The Morgan fingerprint density at radius 1 is 1.16 bits per heavy atom. The summed E-state index contributed by atoms with van der Waals surface area (Å²) in [7, 11) is 0. The molecule has 190 valence electrons. The molecule has 37 heavy (non-hydrogen) atoms. The lowest BCUT2D eigenvalue weighted by Crippen LogP contribution is -2.34. The number of halogens is 1. The third-order valence-corrected chi connectivity index (χ3v) is 7.29. The SMILES string of the molecule is CCCc1c(Cc2ccc(-c3ccccc3C#N)cc2F)c(=O)n(C2CCC(O)CC2)c2nc(C)nn12. The number of aliphatic hydroxyl groups is 1. The Labute approximate surface area is 214 Å². The highest BCUT2D eigenvalue weighted by atomic mass is 19.1. The lowest BCUT2D eigenvalue weighted by Gasteiger charge is -2.28. The van der Waals surface area contributed by atoms with Crippen LogP contribution < -0.4 is 5.56 Å². The van der Waals surface area contributed by atoms with Crippen LogP contribution in [-0.2, 0) is 12.8 Å². The number of nitrogens with zero attached hydrogens (tertiary/aromatic N) is 5. The fraction of sp³-hybridized carbons (Fsp3) is 0.379. The largest absolute Gasteiger partial charge is 0.393 e. The zero-order valence-corrected chi connectivity index (χ0v) is 21.1. The molecule has 2 aromatic heterocycles. The van der Waals surface area contributed by atoms with Crippen molar-refractivity contribution in [2.24, 2.45) is 0 Å². The van der Waals surface area contributed by atoms with Gasteiger partial charge in [0, 0.05) is 18.0 Å². The van der Waals surface area contributed by atoms with Gasteiger partial charge in [0.15, 0.2) is 0 Å². The number of fused-ring (bicyclic) bond motifs is 1. The molecule has 0 aliphatic heterocycles. The maximum Gasteiger partial charge on any atom is 0.259 e. The van der Waals surface area contributed by atoms with E-state index >= 15 is 4.39 Å². The first-order valence-corrected chi connectivity index (χ1v) is 12.9. The highest BCUT2D eigenvalue weighted by Gasteiger charge is 2.28. The molecule has 0 saturated heterocycles. The van der Waals surface area contributed by atoms with Crippen molar-refractivity contribution in [1.82, 2.24) is 19.2 Å². The number of nitriles is 1. The van der Waals surface area contributed by atoms with Crippen molar-refractivity contribution in [2.45, 2.75) is 70.9 Å². The van der Waals surface area contributed by atoms with Crippen LogP contribution in [-0.4, -0.2) is 30.4 Å². The number of aromatic nitrogens is 4. The van der Waals surface area contributed by atoms with Crippen LogP contribution in [0.3, 0.4) is 0 Å². The summed E-state index contributed by atoms with van der Waals surface area (Å²) >= 11 is 0. The number of aryl methyl sites for hydroxylation is 2. The average Bonchev–Trinajstić information content (AvgIpc) is 3.28. The maximum atomic E-state index is 15.5. The van der Waals surface area contributed by atoms with Crippen molar-refractivity contribution in [1.29, 1.82) is 5.26 Å². The summed E-state index contributed by atoms with van der Waals surface area (Å²) in [5.41, 5.74) is 3.30. The topological polar surface area (TPSA) is 96.2 Å². The smallest absolute Gasteiger partial charge is 0.259 e. The van der Waals surface area contributed by atoms with Gasteiger partial charge in [-0.25, -0.2) is 8.91 Å². The third-order valence-electron chi connectivity index (χ3n) is 7.29. The molecule has 2 aromatic carbocycles. The summed E-state index contributed by atoms with van der Waals surface area (Å²) in [6.07, 6.45) is 3.80. The van der Waals surface area contributed by atoms with E-state index in [1.165, 1.54) is 6.07 Å². The van der Waals surface area contributed by atoms with Gasteiger partial charge in [0.25, 0.3) is 5.56 Å².